The second-order valence-electron chi connectivity index (χ2n) is 5.61. The number of carbonyl (C=O) groups is 2. The fourth-order valence-corrected chi connectivity index (χ4v) is 2.47. The highest BCUT2D eigenvalue weighted by Gasteiger charge is 2.27. The zero-order valence-corrected chi connectivity index (χ0v) is 11.6. The van der Waals surface area contributed by atoms with E-state index in [0.29, 0.717) is 6.54 Å². The summed E-state index contributed by atoms with van der Waals surface area (Å²) >= 11 is 0. The van der Waals surface area contributed by atoms with Gasteiger partial charge in [-0.25, -0.2) is 9.59 Å². The SMILES string of the molecule is C=CCC(NC(=O)NCC1(C)CCCCC1)C(=O)O. The zero-order chi connectivity index (χ0) is 14.3. The number of carbonyl (C=O) groups excluding carboxylic acids is 1. The molecule has 1 fully saturated rings. The van der Waals surface area contributed by atoms with Gasteiger partial charge >= 0.3 is 12.0 Å². The number of urea groups is 1. The van der Waals surface area contributed by atoms with E-state index in [1.807, 2.05) is 0 Å². The van der Waals surface area contributed by atoms with Gasteiger partial charge in [-0.2, -0.15) is 0 Å². The lowest BCUT2D eigenvalue weighted by molar-refractivity contribution is -0.139. The second-order valence-corrected chi connectivity index (χ2v) is 5.61. The van der Waals surface area contributed by atoms with E-state index in [1.165, 1.54) is 25.3 Å². The fourth-order valence-electron chi connectivity index (χ4n) is 2.47. The average molecular weight is 268 g/mol. The van der Waals surface area contributed by atoms with Crippen molar-refractivity contribution < 1.29 is 14.7 Å². The summed E-state index contributed by atoms with van der Waals surface area (Å²) in [5.74, 6) is -1.04. The Kier molecular flexibility index (Phi) is 5.86. The maximum Gasteiger partial charge on any atom is 0.326 e. The van der Waals surface area contributed by atoms with Crippen molar-refractivity contribution in [3.63, 3.8) is 0 Å². The van der Waals surface area contributed by atoms with Gasteiger partial charge in [-0.3, -0.25) is 0 Å². The summed E-state index contributed by atoms with van der Waals surface area (Å²) < 4.78 is 0. The minimum absolute atomic E-state index is 0.146. The molecule has 1 unspecified atom stereocenters. The van der Waals surface area contributed by atoms with Crippen molar-refractivity contribution in [1.82, 2.24) is 10.6 Å². The van der Waals surface area contributed by atoms with Crippen LogP contribution in [0.3, 0.4) is 0 Å². The number of hydrogen-bond acceptors (Lipinski definition) is 2. The second kappa shape index (κ2) is 7.16. The molecule has 0 spiro atoms. The van der Waals surface area contributed by atoms with Crippen molar-refractivity contribution in [1.29, 1.82) is 0 Å². The molecule has 0 bridgehead atoms. The molecule has 5 nitrogen and oxygen atoms in total. The molecule has 0 heterocycles. The largest absolute Gasteiger partial charge is 0.480 e. The molecule has 1 saturated carbocycles. The number of carboxylic acids is 1. The summed E-state index contributed by atoms with van der Waals surface area (Å²) in [5, 5.41) is 14.2. The standard InChI is InChI=1S/C14H24N2O3/c1-3-7-11(12(17)18)16-13(19)15-10-14(2)8-5-4-6-9-14/h3,11H,1,4-10H2,2H3,(H,17,18)(H2,15,16,19). The fraction of sp³-hybridized carbons (Fsp3) is 0.714. The van der Waals surface area contributed by atoms with Crippen LogP contribution in [0.4, 0.5) is 4.79 Å². The van der Waals surface area contributed by atoms with Crippen LogP contribution in [0.5, 0.6) is 0 Å². The Labute approximate surface area is 114 Å². The molecule has 0 aliphatic heterocycles. The van der Waals surface area contributed by atoms with Gasteiger partial charge in [-0.05, 0) is 24.7 Å². The molecule has 0 saturated heterocycles. The van der Waals surface area contributed by atoms with Gasteiger partial charge in [0.15, 0.2) is 0 Å². The summed E-state index contributed by atoms with van der Waals surface area (Å²) in [7, 11) is 0. The predicted octanol–water partition coefficient (Wildman–Crippen LogP) is 2.29. The van der Waals surface area contributed by atoms with E-state index in [1.54, 1.807) is 0 Å². The van der Waals surface area contributed by atoms with E-state index in [9.17, 15) is 9.59 Å². The van der Waals surface area contributed by atoms with Crippen LogP contribution in [0, 0.1) is 5.41 Å². The Morgan fingerprint density at radius 1 is 1.37 bits per heavy atom. The summed E-state index contributed by atoms with van der Waals surface area (Å²) in [6.45, 7) is 6.25. The smallest absolute Gasteiger partial charge is 0.326 e. The van der Waals surface area contributed by atoms with Crippen molar-refractivity contribution >= 4 is 12.0 Å². The van der Waals surface area contributed by atoms with Crippen LogP contribution in [0.2, 0.25) is 0 Å². The van der Waals surface area contributed by atoms with Crippen molar-refractivity contribution in [2.45, 2.75) is 51.5 Å². The lowest BCUT2D eigenvalue weighted by Crippen LogP contribution is -2.48. The Balaban J connectivity index is 2.37. The summed E-state index contributed by atoms with van der Waals surface area (Å²) in [6, 6.07) is -1.32. The minimum Gasteiger partial charge on any atom is -0.480 e. The lowest BCUT2D eigenvalue weighted by Gasteiger charge is -2.33. The third-order valence-corrected chi connectivity index (χ3v) is 3.74. The Morgan fingerprint density at radius 2 is 2.00 bits per heavy atom. The molecule has 1 rings (SSSR count). The zero-order valence-electron chi connectivity index (χ0n) is 11.6. The number of carboxylic acid groups (broad SMARTS) is 1. The number of amides is 2. The topological polar surface area (TPSA) is 78.4 Å². The van der Waals surface area contributed by atoms with Gasteiger partial charge in [0.25, 0.3) is 0 Å². The molecule has 0 aromatic rings. The van der Waals surface area contributed by atoms with E-state index >= 15 is 0 Å². The van der Waals surface area contributed by atoms with Crippen molar-refractivity contribution in [3.05, 3.63) is 12.7 Å². The van der Waals surface area contributed by atoms with Gasteiger partial charge in [0, 0.05) is 6.54 Å². The van der Waals surface area contributed by atoms with E-state index in [2.05, 4.69) is 24.1 Å². The third-order valence-electron chi connectivity index (χ3n) is 3.74. The minimum atomic E-state index is -1.04. The predicted molar refractivity (Wildman–Crippen MR) is 74.0 cm³/mol. The first-order valence-corrected chi connectivity index (χ1v) is 6.85. The van der Waals surface area contributed by atoms with Crippen molar-refractivity contribution in [2.24, 2.45) is 5.41 Å². The van der Waals surface area contributed by atoms with E-state index in [4.69, 9.17) is 5.11 Å². The molecule has 5 heteroatoms. The van der Waals surface area contributed by atoms with Crippen LogP contribution in [0.25, 0.3) is 0 Å². The quantitative estimate of drug-likeness (QED) is 0.647. The van der Waals surface area contributed by atoms with Crippen LogP contribution in [0.15, 0.2) is 12.7 Å². The lowest BCUT2D eigenvalue weighted by atomic mass is 9.76. The Bertz CT molecular complexity index is 336. The average Bonchev–Trinajstić information content (AvgIpc) is 2.37. The first-order chi connectivity index (χ1) is 8.97. The normalized spacial score (nSPS) is 19.2. The molecule has 1 atom stereocenters. The maximum absolute atomic E-state index is 11.7. The van der Waals surface area contributed by atoms with Crippen LogP contribution in [-0.2, 0) is 4.79 Å². The molecule has 0 aromatic heterocycles. The number of aliphatic carboxylic acids is 1. The highest BCUT2D eigenvalue weighted by Crippen LogP contribution is 2.34. The molecular formula is C14H24N2O3. The molecule has 0 radical (unpaired) electrons. The molecule has 1 aliphatic rings. The summed E-state index contributed by atoms with van der Waals surface area (Å²) in [4.78, 5) is 22.6. The molecular weight excluding hydrogens is 244 g/mol. The maximum atomic E-state index is 11.7. The first-order valence-electron chi connectivity index (χ1n) is 6.85. The van der Waals surface area contributed by atoms with Gasteiger partial charge in [-0.1, -0.05) is 32.3 Å². The molecule has 0 aromatic carbocycles. The van der Waals surface area contributed by atoms with Crippen LogP contribution in [0.1, 0.15) is 45.4 Å². The van der Waals surface area contributed by atoms with Crippen LogP contribution >= 0.6 is 0 Å². The molecule has 2 amide bonds. The monoisotopic (exact) mass is 268 g/mol. The molecule has 3 N–H and O–H groups in total. The highest BCUT2D eigenvalue weighted by molar-refractivity contribution is 5.82. The first kappa shape index (κ1) is 15.5. The van der Waals surface area contributed by atoms with Gasteiger partial charge in [0.2, 0.25) is 0 Å². The number of rotatable bonds is 6. The van der Waals surface area contributed by atoms with E-state index in [-0.39, 0.29) is 11.8 Å². The molecule has 1 aliphatic carbocycles. The van der Waals surface area contributed by atoms with Gasteiger partial charge < -0.3 is 15.7 Å². The van der Waals surface area contributed by atoms with Crippen LogP contribution in [-0.4, -0.2) is 29.7 Å². The van der Waals surface area contributed by atoms with E-state index in [0.717, 1.165) is 12.8 Å². The summed E-state index contributed by atoms with van der Waals surface area (Å²) in [5.41, 5.74) is 0.146. The van der Waals surface area contributed by atoms with Crippen molar-refractivity contribution in [3.8, 4) is 0 Å². The number of nitrogens with one attached hydrogen (secondary N) is 2. The Hall–Kier alpha value is -1.52. The Morgan fingerprint density at radius 3 is 2.53 bits per heavy atom. The molecule has 108 valence electrons. The summed E-state index contributed by atoms with van der Waals surface area (Å²) in [6.07, 6.45) is 7.61. The highest BCUT2D eigenvalue weighted by atomic mass is 16.4. The van der Waals surface area contributed by atoms with Gasteiger partial charge in [0.05, 0.1) is 0 Å². The van der Waals surface area contributed by atoms with Crippen LogP contribution < -0.4 is 10.6 Å². The van der Waals surface area contributed by atoms with E-state index < -0.39 is 18.0 Å². The van der Waals surface area contributed by atoms with Gasteiger partial charge in [0.1, 0.15) is 6.04 Å². The number of hydrogen-bond donors (Lipinski definition) is 3. The molecule has 19 heavy (non-hydrogen) atoms. The third kappa shape index (κ3) is 5.32. The van der Waals surface area contributed by atoms with Gasteiger partial charge in [-0.15, -0.1) is 6.58 Å². The van der Waals surface area contributed by atoms with Crippen molar-refractivity contribution in [2.75, 3.05) is 6.54 Å².